The van der Waals surface area contributed by atoms with Gasteiger partial charge in [-0.3, -0.25) is 4.98 Å². The lowest BCUT2D eigenvalue weighted by molar-refractivity contribution is 0.0500. The molecule has 1 aliphatic heterocycles. The summed E-state index contributed by atoms with van der Waals surface area (Å²) in [4.78, 5) is 4.10. The van der Waals surface area contributed by atoms with Crippen molar-refractivity contribution >= 4 is 10.0 Å². The van der Waals surface area contributed by atoms with Crippen molar-refractivity contribution in [1.29, 1.82) is 0 Å². The van der Waals surface area contributed by atoms with Crippen LogP contribution in [0.15, 0.2) is 42.7 Å². The molecule has 0 N–H and O–H groups in total. The van der Waals surface area contributed by atoms with Crippen molar-refractivity contribution in [1.82, 2.24) is 9.29 Å². The van der Waals surface area contributed by atoms with Crippen LogP contribution in [-0.4, -0.2) is 35.6 Å². The minimum Gasteiger partial charge on any atom is -0.489 e. The summed E-state index contributed by atoms with van der Waals surface area (Å²) in [7, 11) is -3.35. The molecule has 2 heterocycles. The molecule has 0 amide bonds. The van der Waals surface area contributed by atoms with Gasteiger partial charge in [0, 0.05) is 36.5 Å². The number of pyridine rings is 1. The first-order valence-corrected chi connectivity index (χ1v) is 11.7. The molecule has 158 valence electrons. The summed E-state index contributed by atoms with van der Waals surface area (Å²) in [5, 5.41) is 0. The molecule has 0 bridgehead atoms. The van der Waals surface area contributed by atoms with E-state index in [-0.39, 0.29) is 11.8 Å². The third kappa shape index (κ3) is 5.08. The Labute approximate surface area is 173 Å². The highest BCUT2D eigenvalue weighted by atomic mass is 32.2. The summed E-state index contributed by atoms with van der Waals surface area (Å²) in [6, 6.07) is 9.21. The molecule has 1 aromatic carbocycles. The molecular formula is C22H30N2O4S. The molecule has 2 aromatic rings. The van der Waals surface area contributed by atoms with Crippen molar-refractivity contribution in [2.24, 2.45) is 0 Å². The second-order valence-corrected chi connectivity index (χ2v) is 10.2. The predicted molar refractivity (Wildman–Crippen MR) is 114 cm³/mol. The largest absolute Gasteiger partial charge is 0.489 e. The Balaban J connectivity index is 1.94. The minimum atomic E-state index is -3.35. The molecule has 29 heavy (non-hydrogen) atoms. The Morgan fingerprint density at radius 3 is 2.72 bits per heavy atom. The van der Waals surface area contributed by atoms with Crippen molar-refractivity contribution in [3.63, 3.8) is 0 Å². The lowest BCUT2D eigenvalue weighted by Gasteiger charge is -2.42. The molecule has 1 aromatic heterocycles. The molecule has 1 unspecified atom stereocenters. The average Bonchev–Trinajstić information content (AvgIpc) is 2.70. The van der Waals surface area contributed by atoms with E-state index in [4.69, 9.17) is 9.47 Å². The van der Waals surface area contributed by atoms with Crippen molar-refractivity contribution in [2.75, 3.05) is 12.3 Å². The van der Waals surface area contributed by atoms with Gasteiger partial charge >= 0.3 is 0 Å². The zero-order chi connectivity index (χ0) is 21.1. The Hall–Kier alpha value is -2.12. The monoisotopic (exact) mass is 418 g/mol. The maximum atomic E-state index is 12.9. The van der Waals surface area contributed by atoms with Crippen LogP contribution in [-0.2, 0) is 16.6 Å². The SMILES string of the molecule is CCCN(C1CC(C)(C)Oc2ccc(OCc3cccnc3)cc21)S(=O)(=O)CC. The highest BCUT2D eigenvalue weighted by Gasteiger charge is 2.40. The van der Waals surface area contributed by atoms with Gasteiger partial charge < -0.3 is 9.47 Å². The van der Waals surface area contributed by atoms with Gasteiger partial charge in [-0.2, -0.15) is 4.31 Å². The van der Waals surface area contributed by atoms with E-state index >= 15 is 0 Å². The lowest BCUT2D eigenvalue weighted by Crippen LogP contribution is -2.44. The Morgan fingerprint density at radius 2 is 2.07 bits per heavy atom. The maximum Gasteiger partial charge on any atom is 0.214 e. The van der Waals surface area contributed by atoms with E-state index in [0.717, 1.165) is 17.5 Å². The average molecular weight is 419 g/mol. The van der Waals surface area contributed by atoms with Gasteiger partial charge in [0.25, 0.3) is 0 Å². The zero-order valence-electron chi connectivity index (χ0n) is 17.6. The van der Waals surface area contributed by atoms with Crippen LogP contribution in [0.4, 0.5) is 0 Å². The number of aromatic nitrogens is 1. The van der Waals surface area contributed by atoms with E-state index < -0.39 is 15.6 Å². The summed E-state index contributed by atoms with van der Waals surface area (Å²) in [5.74, 6) is 1.48. The van der Waals surface area contributed by atoms with E-state index in [9.17, 15) is 8.42 Å². The molecule has 6 nitrogen and oxygen atoms in total. The first-order chi connectivity index (χ1) is 13.8. The molecule has 0 radical (unpaired) electrons. The highest BCUT2D eigenvalue weighted by molar-refractivity contribution is 7.89. The second kappa shape index (κ2) is 8.71. The molecule has 0 saturated heterocycles. The van der Waals surface area contributed by atoms with E-state index in [2.05, 4.69) is 4.98 Å². The van der Waals surface area contributed by atoms with Gasteiger partial charge in [-0.25, -0.2) is 8.42 Å². The van der Waals surface area contributed by atoms with Crippen LogP contribution < -0.4 is 9.47 Å². The first-order valence-electron chi connectivity index (χ1n) is 10.1. The van der Waals surface area contributed by atoms with E-state index in [0.29, 0.717) is 31.1 Å². The fraction of sp³-hybridized carbons (Fsp3) is 0.500. The van der Waals surface area contributed by atoms with Crippen LogP contribution in [0, 0.1) is 0 Å². The summed E-state index contributed by atoms with van der Waals surface area (Å²) in [6.45, 7) is 8.57. The number of benzene rings is 1. The Morgan fingerprint density at radius 1 is 1.28 bits per heavy atom. The first kappa shape index (κ1) is 21.6. The summed E-state index contributed by atoms with van der Waals surface area (Å²) < 4.78 is 39.4. The summed E-state index contributed by atoms with van der Waals surface area (Å²) in [6.07, 6.45) is 4.83. The van der Waals surface area contributed by atoms with Gasteiger partial charge in [-0.1, -0.05) is 13.0 Å². The number of ether oxygens (including phenoxy) is 2. The molecule has 1 atom stereocenters. The van der Waals surface area contributed by atoms with Crippen molar-refractivity contribution in [3.8, 4) is 11.5 Å². The van der Waals surface area contributed by atoms with E-state index in [1.165, 1.54) is 0 Å². The number of fused-ring (bicyclic) bond motifs is 1. The quantitative estimate of drug-likeness (QED) is 0.638. The minimum absolute atomic E-state index is 0.0807. The summed E-state index contributed by atoms with van der Waals surface area (Å²) >= 11 is 0. The standard InChI is InChI=1S/C22H30N2O4S/c1-5-12-24(29(25,26)6-2)20-14-22(3,4)28-21-10-9-18(13-19(20)21)27-16-17-8-7-11-23-15-17/h7-11,13,15,20H,5-6,12,14,16H2,1-4H3. The molecule has 7 heteroatoms. The van der Waals surface area contributed by atoms with Crippen LogP contribution in [0.3, 0.4) is 0 Å². The number of hydrogen-bond acceptors (Lipinski definition) is 5. The Bertz CT molecular complexity index is 929. The number of rotatable bonds is 8. The van der Waals surface area contributed by atoms with Crippen LogP contribution in [0.2, 0.25) is 0 Å². The fourth-order valence-electron chi connectivity index (χ4n) is 3.67. The van der Waals surface area contributed by atoms with Crippen molar-refractivity contribution in [3.05, 3.63) is 53.9 Å². The van der Waals surface area contributed by atoms with Crippen molar-refractivity contribution in [2.45, 2.75) is 58.8 Å². The van der Waals surface area contributed by atoms with Gasteiger partial charge in [-0.15, -0.1) is 0 Å². The second-order valence-electron chi connectivity index (χ2n) is 7.94. The van der Waals surface area contributed by atoms with Gasteiger partial charge in [-0.05, 0) is 51.5 Å². The third-order valence-corrected chi connectivity index (χ3v) is 6.93. The van der Waals surface area contributed by atoms with Crippen molar-refractivity contribution < 1.29 is 17.9 Å². The van der Waals surface area contributed by atoms with E-state index in [1.807, 2.05) is 51.1 Å². The highest BCUT2D eigenvalue weighted by Crippen LogP contribution is 2.45. The number of sulfonamides is 1. The van der Waals surface area contributed by atoms with Crippen LogP contribution in [0.5, 0.6) is 11.5 Å². The molecular weight excluding hydrogens is 388 g/mol. The van der Waals surface area contributed by atoms with Crippen LogP contribution in [0.1, 0.15) is 57.7 Å². The maximum absolute atomic E-state index is 12.9. The molecule has 0 aliphatic carbocycles. The lowest BCUT2D eigenvalue weighted by atomic mass is 9.89. The van der Waals surface area contributed by atoms with Gasteiger partial charge in [0.05, 0.1) is 11.8 Å². The predicted octanol–water partition coefficient (Wildman–Crippen LogP) is 4.32. The van der Waals surface area contributed by atoms with E-state index in [1.54, 1.807) is 23.6 Å². The molecule has 0 fully saturated rings. The molecule has 0 spiro atoms. The van der Waals surface area contributed by atoms with Crippen LogP contribution in [0.25, 0.3) is 0 Å². The third-order valence-electron chi connectivity index (χ3n) is 5.05. The zero-order valence-corrected chi connectivity index (χ0v) is 18.4. The Kier molecular flexibility index (Phi) is 6.49. The van der Waals surface area contributed by atoms with Gasteiger partial charge in [0.1, 0.15) is 23.7 Å². The van der Waals surface area contributed by atoms with Crippen LogP contribution >= 0.6 is 0 Å². The topological polar surface area (TPSA) is 68.7 Å². The number of nitrogens with zero attached hydrogens (tertiary/aromatic N) is 2. The normalized spacial score (nSPS) is 18.2. The fourth-order valence-corrected chi connectivity index (χ4v) is 5.03. The van der Waals surface area contributed by atoms with Gasteiger partial charge in [0.2, 0.25) is 10.0 Å². The number of hydrogen-bond donors (Lipinski definition) is 0. The summed E-state index contributed by atoms with van der Waals surface area (Å²) in [5.41, 5.74) is 1.38. The molecule has 1 aliphatic rings. The molecule has 3 rings (SSSR count). The smallest absolute Gasteiger partial charge is 0.214 e. The molecule has 0 saturated carbocycles. The van der Waals surface area contributed by atoms with Gasteiger partial charge in [0.15, 0.2) is 0 Å².